The Morgan fingerprint density at radius 3 is 2.35 bits per heavy atom. The van der Waals surface area contributed by atoms with E-state index in [1.165, 1.54) is 0 Å². The maximum absolute atomic E-state index is 12.9. The van der Waals surface area contributed by atoms with Crippen molar-refractivity contribution in [2.24, 2.45) is 0 Å². The van der Waals surface area contributed by atoms with Crippen LogP contribution in [-0.2, 0) is 20.9 Å². The molecule has 0 fully saturated rings. The molecule has 6 heteroatoms. The molecule has 6 nitrogen and oxygen atoms in total. The summed E-state index contributed by atoms with van der Waals surface area (Å²) in [5.74, 6) is -1.20. The summed E-state index contributed by atoms with van der Waals surface area (Å²) in [6.45, 7) is 1.78. The van der Waals surface area contributed by atoms with Crippen LogP contribution in [0.25, 0.3) is 33.0 Å². The van der Waals surface area contributed by atoms with Crippen LogP contribution in [0.5, 0.6) is 0 Å². The van der Waals surface area contributed by atoms with Crippen molar-refractivity contribution in [1.29, 1.82) is 0 Å². The lowest BCUT2D eigenvalue weighted by Crippen LogP contribution is -2.14. The number of nitrogens with zero attached hydrogens (tertiary/aromatic N) is 2. The molecule has 1 aliphatic heterocycles. The Morgan fingerprint density at radius 1 is 0.903 bits per heavy atom. The smallest absolute Gasteiger partial charge is 0.347 e. The minimum Gasteiger partial charge on any atom is -0.386 e. The second-order valence-corrected chi connectivity index (χ2v) is 8.09. The topological polar surface area (TPSA) is 67.3 Å². The number of cyclic esters (lactones) is 2. The first-order chi connectivity index (χ1) is 15.0. The molecule has 1 N–H and O–H groups in total. The number of rotatable bonds is 6. The summed E-state index contributed by atoms with van der Waals surface area (Å²) in [7, 11) is 4.11. The highest BCUT2D eigenvalue weighted by Crippen LogP contribution is 2.40. The highest BCUT2D eigenvalue weighted by Gasteiger charge is 2.37. The fourth-order valence-corrected chi connectivity index (χ4v) is 4.35. The van der Waals surface area contributed by atoms with Crippen molar-refractivity contribution in [2.45, 2.75) is 13.0 Å². The number of aryl methyl sites for hydroxylation is 1. The number of nitrogens with one attached hydrogen (secondary N) is 1. The molecule has 0 bridgehead atoms. The van der Waals surface area contributed by atoms with Crippen molar-refractivity contribution in [3.8, 4) is 0 Å². The van der Waals surface area contributed by atoms with Gasteiger partial charge in [0.1, 0.15) is 0 Å². The number of esters is 2. The second-order valence-electron chi connectivity index (χ2n) is 8.09. The van der Waals surface area contributed by atoms with E-state index in [1.807, 2.05) is 54.7 Å². The van der Waals surface area contributed by atoms with Crippen LogP contribution in [0.15, 0.2) is 60.9 Å². The van der Waals surface area contributed by atoms with E-state index in [-0.39, 0.29) is 0 Å². The fraction of sp³-hybridized carbons (Fsp3) is 0.200. The number of para-hydroxylation sites is 2. The second kappa shape index (κ2) is 7.56. The van der Waals surface area contributed by atoms with E-state index in [2.05, 4.69) is 28.5 Å². The Bertz CT molecular complexity index is 1360. The molecular weight excluding hydrogens is 390 g/mol. The maximum Gasteiger partial charge on any atom is 0.347 e. The van der Waals surface area contributed by atoms with Crippen molar-refractivity contribution >= 4 is 44.9 Å². The van der Waals surface area contributed by atoms with Crippen LogP contribution in [0.3, 0.4) is 0 Å². The maximum atomic E-state index is 12.9. The Labute approximate surface area is 179 Å². The number of hydrogen-bond acceptors (Lipinski definition) is 4. The van der Waals surface area contributed by atoms with Crippen molar-refractivity contribution in [1.82, 2.24) is 14.5 Å². The van der Waals surface area contributed by atoms with E-state index in [4.69, 9.17) is 4.74 Å². The quantitative estimate of drug-likeness (QED) is 0.382. The third-order valence-corrected chi connectivity index (χ3v) is 5.76. The molecule has 0 amide bonds. The van der Waals surface area contributed by atoms with Gasteiger partial charge in [-0.25, -0.2) is 9.59 Å². The molecule has 156 valence electrons. The molecule has 2 aromatic heterocycles. The Kier molecular flexibility index (Phi) is 4.71. The van der Waals surface area contributed by atoms with Crippen molar-refractivity contribution in [3.63, 3.8) is 0 Å². The summed E-state index contributed by atoms with van der Waals surface area (Å²) >= 11 is 0. The molecule has 3 heterocycles. The highest BCUT2D eigenvalue weighted by atomic mass is 16.6. The van der Waals surface area contributed by atoms with E-state index < -0.39 is 11.9 Å². The van der Waals surface area contributed by atoms with Gasteiger partial charge in [0, 0.05) is 51.9 Å². The first-order valence-corrected chi connectivity index (χ1v) is 10.3. The molecule has 0 atom stereocenters. The van der Waals surface area contributed by atoms with Gasteiger partial charge in [0.2, 0.25) is 0 Å². The lowest BCUT2D eigenvalue weighted by atomic mass is 9.95. The molecule has 0 spiro atoms. The summed E-state index contributed by atoms with van der Waals surface area (Å²) in [6.07, 6.45) is 4.73. The van der Waals surface area contributed by atoms with Crippen LogP contribution in [0.4, 0.5) is 0 Å². The van der Waals surface area contributed by atoms with Crippen molar-refractivity contribution in [2.75, 3.05) is 20.6 Å². The van der Waals surface area contributed by atoms with Crippen LogP contribution < -0.4 is 0 Å². The SMILES string of the molecule is CN(C)CCCn1cc(C2=C(c3c[nH]c4ccccc34)C(=O)OC2=O)c2ccccc21. The zero-order chi connectivity index (χ0) is 21.5. The third kappa shape index (κ3) is 3.25. The van der Waals surface area contributed by atoms with Crippen LogP contribution in [0.1, 0.15) is 17.5 Å². The molecule has 4 aromatic rings. The average molecular weight is 413 g/mol. The summed E-state index contributed by atoms with van der Waals surface area (Å²) in [6, 6.07) is 15.7. The molecule has 0 radical (unpaired) electrons. The van der Waals surface area contributed by atoms with E-state index in [0.29, 0.717) is 16.7 Å². The minimum atomic E-state index is -0.603. The fourth-order valence-electron chi connectivity index (χ4n) is 4.35. The molecule has 0 aliphatic carbocycles. The van der Waals surface area contributed by atoms with Gasteiger partial charge in [0.05, 0.1) is 11.1 Å². The van der Waals surface area contributed by atoms with E-state index in [0.717, 1.165) is 46.9 Å². The number of carbonyl (C=O) groups excluding carboxylic acids is 2. The van der Waals surface area contributed by atoms with Gasteiger partial charge in [-0.1, -0.05) is 36.4 Å². The van der Waals surface area contributed by atoms with Crippen LogP contribution in [-0.4, -0.2) is 47.0 Å². The molecule has 2 aromatic carbocycles. The van der Waals surface area contributed by atoms with Gasteiger partial charge in [-0.2, -0.15) is 0 Å². The van der Waals surface area contributed by atoms with Gasteiger partial charge in [-0.3, -0.25) is 0 Å². The summed E-state index contributed by atoms with van der Waals surface area (Å²) < 4.78 is 7.26. The lowest BCUT2D eigenvalue weighted by molar-refractivity contribution is -0.149. The summed E-state index contributed by atoms with van der Waals surface area (Å²) in [4.78, 5) is 31.0. The Hall–Kier alpha value is -3.64. The average Bonchev–Trinajstić information content (AvgIpc) is 3.41. The van der Waals surface area contributed by atoms with Crippen LogP contribution in [0, 0.1) is 0 Å². The number of ether oxygens (including phenoxy) is 1. The van der Waals surface area contributed by atoms with Crippen molar-refractivity contribution in [3.05, 3.63) is 72.1 Å². The summed E-state index contributed by atoms with van der Waals surface area (Å²) in [5.41, 5.74) is 4.01. The number of hydrogen-bond donors (Lipinski definition) is 1. The highest BCUT2D eigenvalue weighted by molar-refractivity contribution is 6.46. The number of benzene rings is 2. The molecule has 0 unspecified atom stereocenters. The standard InChI is InChI=1S/C25H23N3O3/c1-27(2)12-7-13-28-15-19(17-9-4-6-11-21(17)28)23-22(24(29)31-25(23)30)18-14-26-20-10-5-3-8-16(18)20/h3-6,8-11,14-15,26H,7,12-13H2,1-2H3. The Balaban J connectivity index is 1.70. The molecule has 0 saturated heterocycles. The zero-order valence-electron chi connectivity index (χ0n) is 17.5. The number of fused-ring (bicyclic) bond motifs is 2. The van der Waals surface area contributed by atoms with Gasteiger partial charge in [-0.05, 0) is 39.2 Å². The largest absolute Gasteiger partial charge is 0.386 e. The molecule has 1 aliphatic rings. The van der Waals surface area contributed by atoms with E-state index >= 15 is 0 Å². The number of aromatic amines is 1. The Morgan fingerprint density at radius 2 is 1.58 bits per heavy atom. The van der Waals surface area contributed by atoms with Gasteiger partial charge in [0.25, 0.3) is 0 Å². The zero-order valence-corrected chi connectivity index (χ0v) is 17.5. The summed E-state index contributed by atoms with van der Waals surface area (Å²) in [5, 5.41) is 1.82. The monoisotopic (exact) mass is 413 g/mol. The molecule has 5 rings (SSSR count). The molecule has 31 heavy (non-hydrogen) atoms. The molecule has 0 saturated carbocycles. The van der Waals surface area contributed by atoms with Gasteiger partial charge in [-0.15, -0.1) is 0 Å². The molecular formula is C25H23N3O3. The van der Waals surface area contributed by atoms with Gasteiger partial charge >= 0.3 is 11.9 Å². The van der Waals surface area contributed by atoms with Gasteiger partial charge < -0.3 is 19.2 Å². The van der Waals surface area contributed by atoms with Gasteiger partial charge in [0.15, 0.2) is 0 Å². The van der Waals surface area contributed by atoms with E-state index in [1.54, 1.807) is 6.20 Å². The first kappa shape index (κ1) is 19.3. The third-order valence-electron chi connectivity index (χ3n) is 5.76. The minimum absolute atomic E-state index is 0.318. The first-order valence-electron chi connectivity index (χ1n) is 10.3. The number of carbonyl (C=O) groups is 2. The van der Waals surface area contributed by atoms with E-state index in [9.17, 15) is 9.59 Å². The van der Waals surface area contributed by atoms with Crippen LogP contribution >= 0.6 is 0 Å². The lowest BCUT2D eigenvalue weighted by Gasteiger charge is -2.10. The normalized spacial score (nSPS) is 14.4. The van der Waals surface area contributed by atoms with Crippen LogP contribution in [0.2, 0.25) is 0 Å². The predicted octanol–water partition coefficient (Wildman–Crippen LogP) is 4.07. The number of aromatic nitrogens is 2. The van der Waals surface area contributed by atoms with Crippen molar-refractivity contribution < 1.29 is 14.3 Å². The number of H-pyrrole nitrogens is 1. The predicted molar refractivity (Wildman–Crippen MR) is 121 cm³/mol.